The summed E-state index contributed by atoms with van der Waals surface area (Å²) in [7, 11) is 1.64. The molecule has 0 saturated carbocycles. The maximum Gasteiger partial charge on any atom is 0.129 e. The van der Waals surface area contributed by atoms with E-state index in [1.165, 1.54) is 6.07 Å². The molecule has 0 radical (unpaired) electrons. The van der Waals surface area contributed by atoms with Gasteiger partial charge in [-0.2, -0.15) is 0 Å². The zero-order valence-electron chi connectivity index (χ0n) is 12.3. The summed E-state index contributed by atoms with van der Waals surface area (Å²) in [5, 5.41) is 13.1. The molecule has 2 aromatic carbocycles. The van der Waals surface area contributed by atoms with E-state index in [0.717, 1.165) is 16.9 Å². The molecule has 2 N–H and O–H groups in total. The summed E-state index contributed by atoms with van der Waals surface area (Å²) in [5.41, 5.74) is 2.44. The predicted molar refractivity (Wildman–Crippen MR) is 80.8 cm³/mol. The third-order valence-electron chi connectivity index (χ3n) is 3.40. The highest BCUT2D eigenvalue weighted by Crippen LogP contribution is 2.19. The van der Waals surface area contributed by atoms with E-state index in [-0.39, 0.29) is 12.4 Å². The average Bonchev–Trinajstić information content (AvgIpc) is 2.49. The van der Waals surface area contributed by atoms with Gasteiger partial charge in [0.15, 0.2) is 0 Å². The van der Waals surface area contributed by atoms with Crippen LogP contribution >= 0.6 is 0 Å². The highest BCUT2D eigenvalue weighted by atomic mass is 19.1. The summed E-state index contributed by atoms with van der Waals surface area (Å²) in [6.45, 7) is 2.86. The molecule has 0 fully saturated rings. The van der Waals surface area contributed by atoms with Crippen LogP contribution in [0, 0.1) is 12.7 Å². The minimum absolute atomic E-state index is 0.289. The lowest BCUT2D eigenvalue weighted by atomic mass is 10.1. The Labute approximate surface area is 124 Å². The molecule has 1 unspecified atom stereocenters. The van der Waals surface area contributed by atoms with Crippen LogP contribution in [0.3, 0.4) is 0 Å². The molecule has 4 heteroatoms. The van der Waals surface area contributed by atoms with E-state index >= 15 is 0 Å². The smallest absolute Gasteiger partial charge is 0.129 e. The van der Waals surface area contributed by atoms with Crippen LogP contribution in [0.4, 0.5) is 4.39 Å². The number of rotatable bonds is 6. The number of hydrogen-bond acceptors (Lipinski definition) is 3. The van der Waals surface area contributed by atoms with Crippen molar-refractivity contribution in [1.29, 1.82) is 0 Å². The molecular weight excluding hydrogens is 269 g/mol. The van der Waals surface area contributed by atoms with Crippen molar-refractivity contribution in [3.63, 3.8) is 0 Å². The van der Waals surface area contributed by atoms with Crippen molar-refractivity contribution in [2.24, 2.45) is 0 Å². The van der Waals surface area contributed by atoms with Crippen molar-refractivity contribution < 1.29 is 14.2 Å². The Balaban J connectivity index is 1.91. The van der Waals surface area contributed by atoms with Crippen LogP contribution < -0.4 is 10.1 Å². The molecule has 0 aromatic heterocycles. The van der Waals surface area contributed by atoms with Gasteiger partial charge >= 0.3 is 0 Å². The van der Waals surface area contributed by atoms with E-state index < -0.39 is 6.10 Å². The van der Waals surface area contributed by atoms with Gasteiger partial charge in [0.1, 0.15) is 11.6 Å². The Morgan fingerprint density at radius 3 is 2.71 bits per heavy atom. The van der Waals surface area contributed by atoms with Gasteiger partial charge in [0.05, 0.1) is 13.2 Å². The first-order chi connectivity index (χ1) is 10.1. The van der Waals surface area contributed by atoms with E-state index in [1.54, 1.807) is 25.3 Å². The lowest BCUT2D eigenvalue weighted by Crippen LogP contribution is -2.21. The molecule has 0 aliphatic heterocycles. The van der Waals surface area contributed by atoms with Gasteiger partial charge in [-0.15, -0.1) is 0 Å². The number of nitrogens with one attached hydrogen (secondary N) is 1. The van der Waals surface area contributed by atoms with Crippen molar-refractivity contribution in [1.82, 2.24) is 5.32 Å². The maximum atomic E-state index is 13.5. The molecule has 0 saturated heterocycles. The Morgan fingerprint density at radius 2 is 2.00 bits per heavy atom. The fourth-order valence-corrected chi connectivity index (χ4v) is 2.18. The standard InChI is InChI=1S/C17H20FNO2/c1-12-7-8-13(9-17(12)21-2)10-19-11-16(20)14-5-3-4-6-15(14)18/h3-9,16,19-20H,10-11H2,1-2H3. The van der Waals surface area contributed by atoms with Crippen LogP contribution in [-0.2, 0) is 6.54 Å². The highest BCUT2D eigenvalue weighted by molar-refractivity contribution is 5.36. The van der Waals surface area contributed by atoms with Crippen LogP contribution in [0.2, 0.25) is 0 Å². The molecule has 3 nitrogen and oxygen atoms in total. The zero-order valence-corrected chi connectivity index (χ0v) is 12.3. The fourth-order valence-electron chi connectivity index (χ4n) is 2.18. The van der Waals surface area contributed by atoms with Crippen LogP contribution in [0.5, 0.6) is 5.75 Å². The van der Waals surface area contributed by atoms with Crippen LogP contribution in [0.15, 0.2) is 42.5 Å². The summed E-state index contributed by atoms with van der Waals surface area (Å²) < 4.78 is 18.8. The number of aliphatic hydroxyl groups excluding tert-OH is 1. The van der Waals surface area contributed by atoms with Crippen molar-refractivity contribution in [3.8, 4) is 5.75 Å². The molecule has 2 rings (SSSR count). The molecular formula is C17H20FNO2. The average molecular weight is 289 g/mol. The maximum absolute atomic E-state index is 13.5. The number of aryl methyl sites for hydroxylation is 1. The number of aliphatic hydroxyl groups is 1. The fraction of sp³-hybridized carbons (Fsp3) is 0.294. The number of halogens is 1. The molecule has 2 aromatic rings. The van der Waals surface area contributed by atoms with Gasteiger partial charge in [-0.25, -0.2) is 4.39 Å². The first-order valence-corrected chi connectivity index (χ1v) is 6.88. The molecule has 0 aliphatic rings. The molecule has 0 heterocycles. The van der Waals surface area contributed by atoms with Gasteiger partial charge in [0, 0.05) is 18.7 Å². The Morgan fingerprint density at radius 1 is 1.24 bits per heavy atom. The van der Waals surface area contributed by atoms with Crippen molar-refractivity contribution in [2.75, 3.05) is 13.7 Å². The molecule has 0 bridgehead atoms. The predicted octanol–water partition coefficient (Wildman–Crippen LogP) is 2.97. The largest absolute Gasteiger partial charge is 0.496 e. The molecule has 1 atom stereocenters. The first kappa shape index (κ1) is 15.5. The second kappa shape index (κ2) is 7.20. The normalized spacial score (nSPS) is 12.2. The second-order valence-electron chi connectivity index (χ2n) is 4.97. The Hall–Kier alpha value is -1.91. The van der Waals surface area contributed by atoms with Crippen molar-refractivity contribution >= 4 is 0 Å². The highest BCUT2D eigenvalue weighted by Gasteiger charge is 2.11. The summed E-state index contributed by atoms with van der Waals surface area (Å²) >= 11 is 0. The van der Waals surface area contributed by atoms with Gasteiger partial charge in [0.2, 0.25) is 0 Å². The summed E-state index contributed by atoms with van der Waals surface area (Å²) in [5.74, 6) is 0.452. The SMILES string of the molecule is COc1cc(CNCC(O)c2ccccc2F)ccc1C. The van der Waals surface area contributed by atoms with Gasteiger partial charge in [-0.1, -0.05) is 30.3 Å². The molecule has 112 valence electrons. The molecule has 0 amide bonds. The Kier molecular flexibility index (Phi) is 5.31. The van der Waals surface area contributed by atoms with Gasteiger partial charge < -0.3 is 15.2 Å². The third-order valence-corrected chi connectivity index (χ3v) is 3.40. The number of ether oxygens (including phenoxy) is 1. The van der Waals surface area contributed by atoms with E-state index in [0.29, 0.717) is 12.1 Å². The van der Waals surface area contributed by atoms with E-state index in [9.17, 15) is 9.50 Å². The lowest BCUT2D eigenvalue weighted by Gasteiger charge is -2.13. The lowest BCUT2D eigenvalue weighted by molar-refractivity contribution is 0.169. The van der Waals surface area contributed by atoms with Crippen molar-refractivity contribution in [3.05, 3.63) is 65.0 Å². The van der Waals surface area contributed by atoms with Gasteiger partial charge in [0.25, 0.3) is 0 Å². The van der Waals surface area contributed by atoms with E-state index in [2.05, 4.69) is 5.32 Å². The number of hydrogen-bond donors (Lipinski definition) is 2. The quantitative estimate of drug-likeness (QED) is 0.859. The molecule has 21 heavy (non-hydrogen) atoms. The Bertz CT molecular complexity index is 601. The molecule has 0 aliphatic carbocycles. The summed E-state index contributed by atoms with van der Waals surface area (Å²) in [6.07, 6.45) is -0.862. The minimum Gasteiger partial charge on any atom is -0.496 e. The van der Waals surface area contributed by atoms with Gasteiger partial charge in [-0.3, -0.25) is 0 Å². The van der Waals surface area contributed by atoms with Crippen molar-refractivity contribution in [2.45, 2.75) is 19.6 Å². The van der Waals surface area contributed by atoms with Crippen LogP contribution in [-0.4, -0.2) is 18.8 Å². The summed E-state index contributed by atoms with van der Waals surface area (Å²) in [4.78, 5) is 0. The molecule has 0 spiro atoms. The number of benzene rings is 2. The van der Waals surface area contributed by atoms with Crippen LogP contribution in [0.25, 0.3) is 0 Å². The second-order valence-corrected chi connectivity index (χ2v) is 4.97. The monoisotopic (exact) mass is 289 g/mol. The third kappa shape index (κ3) is 4.03. The zero-order chi connectivity index (χ0) is 15.2. The number of methoxy groups -OCH3 is 1. The first-order valence-electron chi connectivity index (χ1n) is 6.88. The summed E-state index contributed by atoms with van der Waals surface area (Å²) in [6, 6.07) is 12.2. The van der Waals surface area contributed by atoms with Gasteiger partial charge in [-0.05, 0) is 30.2 Å². The minimum atomic E-state index is -0.862. The van der Waals surface area contributed by atoms with E-state index in [4.69, 9.17) is 4.74 Å². The topological polar surface area (TPSA) is 41.5 Å². The van der Waals surface area contributed by atoms with Crippen LogP contribution in [0.1, 0.15) is 22.8 Å². The van der Waals surface area contributed by atoms with E-state index in [1.807, 2.05) is 25.1 Å².